The minimum absolute atomic E-state index is 0.359. The maximum absolute atomic E-state index is 5.63. The molecular weight excluding hydrogens is 162 g/mol. The number of nitrogens with two attached hydrogens (primary N) is 1. The van der Waals surface area contributed by atoms with Gasteiger partial charge in [0.15, 0.2) is 5.96 Å². The molecule has 0 aliphatic rings. The fourth-order valence-electron chi connectivity index (χ4n) is 0.854. The van der Waals surface area contributed by atoms with Gasteiger partial charge < -0.3 is 11.1 Å². The molecule has 0 aliphatic heterocycles. The first-order valence-corrected chi connectivity index (χ1v) is 4.99. The first-order valence-electron chi connectivity index (χ1n) is 4.99. The minimum Gasteiger partial charge on any atom is -0.370 e. The first-order chi connectivity index (χ1) is 5.95. The molecule has 0 atom stereocenters. The summed E-state index contributed by atoms with van der Waals surface area (Å²) in [5.74, 6) is 0.575. The van der Waals surface area contributed by atoms with Crippen molar-refractivity contribution < 1.29 is 0 Å². The highest BCUT2D eigenvalue weighted by molar-refractivity contribution is 5.77. The number of nitrogens with zero attached hydrogens (tertiary/aromatic N) is 1. The van der Waals surface area contributed by atoms with Crippen molar-refractivity contribution in [3.8, 4) is 0 Å². The number of nitrogens with one attached hydrogen (secondary N) is 1. The monoisotopic (exact) mass is 185 g/mol. The molecule has 0 aliphatic carbocycles. The maximum Gasteiger partial charge on any atom is 0.188 e. The van der Waals surface area contributed by atoms with Crippen molar-refractivity contribution in [2.24, 2.45) is 16.1 Å². The highest BCUT2D eigenvalue weighted by Crippen LogP contribution is 2.16. The summed E-state index contributed by atoms with van der Waals surface area (Å²) in [7, 11) is 0. The van der Waals surface area contributed by atoms with Crippen LogP contribution < -0.4 is 11.1 Å². The van der Waals surface area contributed by atoms with Crippen LogP contribution in [0.15, 0.2) is 4.99 Å². The largest absolute Gasteiger partial charge is 0.370 e. The molecule has 3 nitrogen and oxygen atoms in total. The lowest BCUT2D eigenvalue weighted by Crippen LogP contribution is -2.34. The number of guanidine groups is 1. The standard InChI is InChI=1S/C10H23N3/c1-5-7-12-9(11)13-8-6-10(2,3)4/h5-8H2,1-4H3,(H3,11,12,13). The summed E-state index contributed by atoms with van der Waals surface area (Å²) in [6.07, 6.45) is 2.15. The summed E-state index contributed by atoms with van der Waals surface area (Å²) >= 11 is 0. The molecule has 13 heavy (non-hydrogen) atoms. The van der Waals surface area contributed by atoms with Gasteiger partial charge in [0.25, 0.3) is 0 Å². The summed E-state index contributed by atoms with van der Waals surface area (Å²) in [6.45, 7) is 10.5. The number of hydrogen-bond donors (Lipinski definition) is 2. The first kappa shape index (κ1) is 12.3. The van der Waals surface area contributed by atoms with Gasteiger partial charge >= 0.3 is 0 Å². The van der Waals surface area contributed by atoms with Crippen LogP contribution in [-0.2, 0) is 0 Å². The van der Waals surface area contributed by atoms with E-state index in [1.165, 1.54) is 0 Å². The van der Waals surface area contributed by atoms with Gasteiger partial charge in [0.05, 0.1) is 0 Å². The van der Waals surface area contributed by atoms with Gasteiger partial charge in [-0.2, -0.15) is 0 Å². The fourth-order valence-corrected chi connectivity index (χ4v) is 0.854. The molecule has 0 saturated heterocycles. The van der Waals surface area contributed by atoms with Crippen LogP contribution in [0.3, 0.4) is 0 Å². The third-order valence-corrected chi connectivity index (χ3v) is 1.69. The molecule has 0 aromatic heterocycles. The normalized spacial score (nSPS) is 13.1. The van der Waals surface area contributed by atoms with E-state index in [1.807, 2.05) is 0 Å². The van der Waals surface area contributed by atoms with Gasteiger partial charge in [-0.3, -0.25) is 4.99 Å². The Hall–Kier alpha value is -0.730. The smallest absolute Gasteiger partial charge is 0.188 e. The van der Waals surface area contributed by atoms with Crippen LogP contribution in [0, 0.1) is 5.41 Å². The van der Waals surface area contributed by atoms with E-state index in [0.29, 0.717) is 11.4 Å². The fraction of sp³-hybridized carbons (Fsp3) is 0.900. The second-order valence-electron chi connectivity index (χ2n) is 4.50. The average molecular weight is 185 g/mol. The average Bonchev–Trinajstić information content (AvgIpc) is 1.98. The van der Waals surface area contributed by atoms with E-state index in [0.717, 1.165) is 25.9 Å². The molecule has 3 heteroatoms. The van der Waals surface area contributed by atoms with Gasteiger partial charge in [0.2, 0.25) is 0 Å². The third-order valence-electron chi connectivity index (χ3n) is 1.69. The maximum atomic E-state index is 5.63. The quantitative estimate of drug-likeness (QED) is 0.518. The SMILES string of the molecule is CCCN=C(N)NCCC(C)(C)C. The lowest BCUT2D eigenvalue weighted by molar-refractivity contribution is 0.378. The van der Waals surface area contributed by atoms with Crippen molar-refractivity contribution in [2.45, 2.75) is 40.5 Å². The lowest BCUT2D eigenvalue weighted by atomic mass is 9.92. The van der Waals surface area contributed by atoms with Gasteiger partial charge in [-0.25, -0.2) is 0 Å². The molecule has 0 bridgehead atoms. The van der Waals surface area contributed by atoms with E-state index in [1.54, 1.807) is 0 Å². The molecule has 0 rings (SSSR count). The van der Waals surface area contributed by atoms with Crippen LogP contribution >= 0.6 is 0 Å². The predicted octanol–water partition coefficient (Wildman–Crippen LogP) is 1.74. The molecule has 0 spiro atoms. The molecule has 0 amide bonds. The van der Waals surface area contributed by atoms with E-state index >= 15 is 0 Å². The summed E-state index contributed by atoms with van der Waals surface area (Å²) in [5.41, 5.74) is 5.99. The summed E-state index contributed by atoms with van der Waals surface area (Å²) < 4.78 is 0. The summed E-state index contributed by atoms with van der Waals surface area (Å²) in [6, 6.07) is 0. The van der Waals surface area contributed by atoms with Crippen LogP contribution in [0.1, 0.15) is 40.5 Å². The Labute approximate surface area is 81.8 Å². The molecule has 0 unspecified atom stereocenters. The Balaban J connectivity index is 3.53. The number of rotatable bonds is 4. The van der Waals surface area contributed by atoms with Crippen molar-refractivity contribution in [3.63, 3.8) is 0 Å². The molecule has 0 heterocycles. The Morgan fingerprint density at radius 3 is 2.46 bits per heavy atom. The van der Waals surface area contributed by atoms with Crippen LogP contribution in [0.4, 0.5) is 0 Å². The third kappa shape index (κ3) is 9.18. The highest BCUT2D eigenvalue weighted by atomic mass is 15.1. The molecule has 0 radical (unpaired) electrons. The zero-order valence-corrected chi connectivity index (χ0v) is 9.35. The van der Waals surface area contributed by atoms with Crippen molar-refractivity contribution in [1.82, 2.24) is 5.32 Å². The minimum atomic E-state index is 0.359. The molecule has 0 aromatic rings. The molecule has 78 valence electrons. The van der Waals surface area contributed by atoms with E-state index in [9.17, 15) is 0 Å². The highest BCUT2D eigenvalue weighted by Gasteiger charge is 2.08. The van der Waals surface area contributed by atoms with Crippen molar-refractivity contribution >= 4 is 5.96 Å². The zero-order valence-electron chi connectivity index (χ0n) is 9.35. The van der Waals surface area contributed by atoms with Crippen LogP contribution in [0.25, 0.3) is 0 Å². The number of hydrogen-bond acceptors (Lipinski definition) is 1. The van der Waals surface area contributed by atoms with Gasteiger partial charge in [-0.05, 0) is 18.3 Å². The van der Waals surface area contributed by atoms with Crippen LogP contribution in [0.5, 0.6) is 0 Å². The van der Waals surface area contributed by atoms with Crippen molar-refractivity contribution in [2.75, 3.05) is 13.1 Å². The lowest BCUT2D eigenvalue weighted by Gasteiger charge is -2.18. The topological polar surface area (TPSA) is 50.4 Å². The Bertz CT molecular complexity index is 156. The van der Waals surface area contributed by atoms with Gasteiger partial charge in [0, 0.05) is 13.1 Å². The van der Waals surface area contributed by atoms with Gasteiger partial charge in [0.1, 0.15) is 0 Å². The molecule has 3 N–H and O–H groups in total. The Kier molecular flexibility index (Phi) is 5.51. The zero-order chi connectivity index (χ0) is 10.3. The second-order valence-corrected chi connectivity index (χ2v) is 4.50. The summed E-state index contributed by atoms with van der Waals surface area (Å²) in [5, 5.41) is 3.10. The number of aliphatic imine (C=N–C) groups is 1. The van der Waals surface area contributed by atoms with Gasteiger partial charge in [-0.1, -0.05) is 27.7 Å². The van der Waals surface area contributed by atoms with E-state index in [4.69, 9.17) is 5.73 Å². The summed E-state index contributed by atoms with van der Waals surface area (Å²) in [4.78, 5) is 4.15. The Morgan fingerprint density at radius 1 is 1.38 bits per heavy atom. The molecular formula is C10H23N3. The van der Waals surface area contributed by atoms with Crippen molar-refractivity contribution in [1.29, 1.82) is 0 Å². The molecule has 0 aromatic carbocycles. The van der Waals surface area contributed by atoms with Crippen LogP contribution in [-0.4, -0.2) is 19.0 Å². The predicted molar refractivity (Wildman–Crippen MR) is 58.9 cm³/mol. The molecule has 0 fully saturated rings. The Morgan fingerprint density at radius 2 is 2.00 bits per heavy atom. The van der Waals surface area contributed by atoms with E-state index in [-0.39, 0.29) is 0 Å². The van der Waals surface area contributed by atoms with E-state index in [2.05, 4.69) is 38.0 Å². The van der Waals surface area contributed by atoms with E-state index < -0.39 is 0 Å². The van der Waals surface area contributed by atoms with Crippen molar-refractivity contribution in [3.05, 3.63) is 0 Å². The van der Waals surface area contributed by atoms with Gasteiger partial charge in [-0.15, -0.1) is 0 Å². The second kappa shape index (κ2) is 5.84. The van der Waals surface area contributed by atoms with Crippen LogP contribution in [0.2, 0.25) is 0 Å². The molecule has 0 saturated carbocycles.